The fourth-order valence-corrected chi connectivity index (χ4v) is 2.20. The van der Waals surface area contributed by atoms with Gasteiger partial charge >= 0.3 is 0 Å². The second-order valence-corrected chi connectivity index (χ2v) is 4.12. The molecule has 12 heavy (non-hydrogen) atoms. The van der Waals surface area contributed by atoms with Gasteiger partial charge in [-0.05, 0) is 12.5 Å². The van der Waals surface area contributed by atoms with E-state index in [0.29, 0.717) is 0 Å². The maximum Gasteiger partial charge on any atom is 0.0932 e. The van der Waals surface area contributed by atoms with Crippen LogP contribution in [-0.4, -0.2) is 16.9 Å². The first-order valence-corrected chi connectivity index (χ1v) is 4.98. The lowest BCUT2D eigenvalue weighted by atomic mass is 10.3. The quantitative estimate of drug-likeness (QED) is 0.658. The van der Waals surface area contributed by atoms with Crippen molar-refractivity contribution in [3.05, 3.63) is 21.8 Å². The smallest absolute Gasteiger partial charge is 0.0932 e. The topological polar surface area (TPSA) is 16.1 Å². The summed E-state index contributed by atoms with van der Waals surface area (Å²) in [5.74, 6) is 0. The minimum atomic E-state index is 0.961. The van der Waals surface area contributed by atoms with E-state index in [-0.39, 0.29) is 0 Å². The number of hydrogen-bond donors (Lipinski definition) is 0. The van der Waals surface area contributed by atoms with Gasteiger partial charge in [-0.15, -0.1) is 11.3 Å². The third kappa shape index (κ3) is 1.25. The SMILES string of the molecule is CCc1nc2c(s1)C=CN(C)C2. The predicted octanol–water partition coefficient (Wildman–Crippen LogP) is 2.12. The molecule has 0 amide bonds. The molecule has 1 aromatic heterocycles. The zero-order chi connectivity index (χ0) is 8.55. The first kappa shape index (κ1) is 7.80. The monoisotopic (exact) mass is 180 g/mol. The third-order valence-electron chi connectivity index (χ3n) is 1.95. The van der Waals surface area contributed by atoms with Crippen molar-refractivity contribution in [2.24, 2.45) is 0 Å². The van der Waals surface area contributed by atoms with E-state index in [1.54, 1.807) is 0 Å². The van der Waals surface area contributed by atoms with E-state index < -0.39 is 0 Å². The molecule has 64 valence electrons. The van der Waals surface area contributed by atoms with Crippen LogP contribution in [0.1, 0.15) is 22.5 Å². The predicted molar refractivity (Wildman–Crippen MR) is 52.0 cm³/mol. The highest BCUT2D eigenvalue weighted by molar-refractivity contribution is 7.12. The van der Waals surface area contributed by atoms with Crippen LogP contribution in [0, 0.1) is 0 Å². The van der Waals surface area contributed by atoms with E-state index in [9.17, 15) is 0 Å². The molecule has 0 radical (unpaired) electrons. The molecule has 2 nitrogen and oxygen atoms in total. The van der Waals surface area contributed by atoms with Crippen molar-refractivity contribution in [2.45, 2.75) is 19.9 Å². The van der Waals surface area contributed by atoms with Crippen LogP contribution in [0.5, 0.6) is 0 Å². The van der Waals surface area contributed by atoms with Crippen LogP contribution in [0.2, 0.25) is 0 Å². The Hall–Kier alpha value is -0.830. The Balaban J connectivity index is 2.37. The summed E-state index contributed by atoms with van der Waals surface area (Å²) in [6.07, 6.45) is 5.31. The summed E-state index contributed by atoms with van der Waals surface area (Å²) >= 11 is 1.81. The average Bonchev–Trinajstić information content (AvgIpc) is 2.46. The first-order valence-electron chi connectivity index (χ1n) is 4.16. The molecule has 0 spiro atoms. The maximum absolute atomic E-state index is 4.55. The summed E-state index contributed by atoms with van der Waals surface area (Å²) in [4.78, 5) is 8.04. The van der Waals surface area contributed by atoms with Crippen molar-refractivity contribution in [3.8, 4) is 0 Å². The van der Waals surface area contributed by atoms with E-state index in [4.69, 9.17) is 0 Å². The summed E-state index contributed by atoms with van der Waals surface area (Å²) < 4.78 is 0. The molecular formula is C9H12N2S. The zero-order valence-corrected chi connectivity index (χ0v) is 8.19. The van der Waals surface area contributed by atoms with Gasteiger partial charge in [0.15, 0.2) is 0 Å². The molecule has 0 atom stereocenters. The van der Waals surface area contributed by atoms with Crippen molar-refractivity contribution in [2.75, 3.05) is 7.05 Å². The van der Waals surface area contributed by atoms with Gasteiger partial charge in [-0.1, -0.05) is 6.92 Å². The summed E-state index contributed by atoms with van der Waals surface area (Å²) in [5.41, 5.74) is 1.24. The Morgan fingerprint density at radius 3 is 3.25 bits per heavy atom. The molecule has 1 aromatic rings. The number of fused-ring (bicyclic) bond motifs is 1. The zero-order valence-electron chi connectivity index (χ0n) is 7.37. The van der Waals surface area contributed by atoms with Crippen molar-refractivity contribution in [3.63, 3.8) is 0 Å². The highest BCUT2D eigenvalue weighted by atomic mass is 32.1. The Kier molecular flexibility index (Phi) is 1.89. The third-order valence-corrected chi connectivity index (χ3v) is 3.16. The van der Waals surface area contributed by atoms with E-state index >= 15 is 0 Å². The normalized spacial score (nSPS) is 15.0. The lowest BCUT2D eigenvalue weighted by Gasteiger charge is -2.16. The first-order chi connectivity index (χ1) is 5.79. The average molecular weight is 180 g/mol. The lowest BCUT2D eigenvalue weighted by molar-refractivity contribution is 0.442. The molecule has 0 fully saturated rings. The van der Waals surface area contributed by atoms with Crippen molar-refractivity contribution in [1.29, 1.82) is 0 Å². The van der Waals surface area contributed by atoms with Crippen molar-refractivity contribution >= 4 is 17.4 Å². The Bertz CT molecular complexity index is 314. The highest BCUT2D eigenvalue weighted by Gasteiger charge is 2.12. The molecule has 2 rings (SSSR count). The molecule has 3 heteroatoms. The lowest BCUT2D eigenvalue weighted by Crippen LogP contribution is -2.13. The second-order valence-electron chi connectivity index (χ2n) is 3.00. The fourth-order valence-electron chi connectivity index (χ4n) is 1.29. The van der Waals surface area contributed by atoms with Crippen LogP contribution in [0.15, 0.2) is 6.20 Å². The minimum Gasteiger partial charge on any atom is -0.374 e. The van der Waals surface area contributed by atoms with Gasteiger partial charge in [0.05, 0.1) is 22.1 Å². The van der Waals surface area contributed by atoms with Gasteiger partial charge in [0.2, 0.25) is 0 Å². The van der Waals surface area contributed by atoms with Crippen LogP contribution < -0.4 is 0 Å². The molecule has 0 unspecified atom stereocenters. The largest absolute Gasteiger partial charge is 0.374 e. The molecule has 0 saturated heterocycles. The second kappa shape index (κ2) is 2.90. The summed E-state index contributed by atoms with van der Waals surface area (Å²) in [6, 6.07) is 0. The number of rotatable bonds is 1. The summed E-state index contributed by atoms with van der Waals surface area (Å²) in [5, 5.41) is 1.25. The minimum absolute atomic E-state index is 0.961. The molecule has 0 aliphatic carbocycles. The van der Waals surface area contributed by atoms with Gasteiger partial charge in [0, 0.05) is 13.2 Å². The van der Waals surface area contributed by atoms with Crippen molar-refractivity contribution < 1.29 is 0 Å². The molecule has 2 heterocycles. The number of aromatic nitrogens is 1. The van der Waals surface area contributed by atoms with Crippen LogP contribution >= 0.6 is 11.3 Å². The van der Waals surface area contributed by atoms with Gasteiger partial charge in [0.25, 0.3) is 0 Å². The molecule has 0 bridgehead atoms. The number of hydrogen-bond acceptors (Lipinski definition) is 3. The highest BCUT2D eigenvalue weighted by Crippen LogP contribution is 2.24. The fraction of sp³-hybridized carbons (Fsp3) is 0.444. The Labute approximate surface area is 76.5 Å². The van der Waals surface area contributed by atoms with E-state index in [1.807, 2.05) is 11.3 Å². The van der Waals surface area contributed by atoms with Gasteiger partial charge in [-0.3, -0.25) is 0 Å². The van der Waals surface area contributed by atoms with Crippen LogP contribution in [0.4, 0.5) is 0 Å². The van der Waals surface area contributed by atoms with E-state index in [1.165, 1.54) is 15.6 Å². The number of aryl methyl sites for hydroxylation is 1. The number of nitrogens with zero attached hydrogens (tertiary/aromatic N) is 2. The van der Waals surface area contributed by atoms with Gasteiger partial charge < -0.3 is 4.90 Å². The van der Waals surface area contributed by atoms with E-state index in [0.717, 1.165) is 13.0 Å². The van der Waals surface area contributed by atoms with E-state index in [2.05, 4.69) is 36.1 Å². The molecule has 0 aromatic carbocycles. The maximum atomic E-state index is 4.55. The van der Waals surface area contributed by atoms with Crippen LogP contribution in [-0.2, 0) is 13.0 Å². The summed E-state index contributed by atoms with van der Waals surface area (Å²) in [7, 11) is 2.07. The Morgan fingerprint density at radius 1 is 1.67 bits per heavy atom. The standard InChI is InChI=1S/C9H12N2S/c1-3-9-10-7-6-11(2)5-4-8(7)12-9/h4-5H,3,6H2,1-2H3. The number of thiazole rings is 1. The molecule has 0 saturated carbocycles. The van der Waals surface area contributed by atoms with Gasteiger partial charge in [0.1, 0.15) is 0 Å². The van der Waals surface area contributed by atoms with Crippen LogP contribution in [0.25, 0.3) is 6.08 Å². The van der Waals surface area contributed by atoms with Crippen molar-refractivity contribution in [1.82, 2.24) is 9.88 Å². The van der Waals surface area contributed by atoms with Gasteiger partial charge in [-0.25, -0.2) is 4.98 Å². The molecule has 0 N–H and O–H groups in total. The Morgan fingerprint density at radius 2 is 2.50 bits per heavy atom. The molecule has 1 aliphatic heterocycles. The molecular weight excluding hydrogens is 168 g/mol. The van der Waals surface area contributed by atoms with Gasteiger partial charge in [-0.2, -0.15) is 0 Å². The summed E-state index contributed by atoms with van der Waals surface area (Å²) in [6.45, 7) is 3.11. The molecule has 1 aliphatic rings. The van der Waals surface area contributed by atoms with Crippen LogP contribution in [0.3, 0.4) is 0 Å².